The first-order chi connectivity index (χ1) is 7.59. The van der Waals surface area contributed by atoms with E-state index in [0.717, 1.165) is 23.4 Å². The summed E-state index contributed by atoms with van der Waals surface area (Å²) in [7, 11) is 2.03. The summed E-state index contributed by atoms with van der Waals surface area (Å²) in [5.41, 5.74) is 8.23. The van der Waals surface area contributed by atoms with Crippen molar-refractivity contribution in [2.75, 3.05) is 0 Å². The summed E-state index contributed by atoms with van der Waals surface area (Å²) in [5.74, 6) is 0. The van der Waals surface area contributed by atoms with E-state index < -0.39 is 0 Å². The third kappa shape index (κ3) is 2.08. The van der Waals surface area contributed by atoms with E-state index in [4.69, 9.17) is 17.3 Å². The zero-order chi connectivity index (χ0) is 11.7. The van der Waals surface area contributed by atoms with Gasteiger partial charge >= 0.3 is 0 Å². The van der Waals surface area contributed by atoms with Crippen molar-refractivity contribution in [3.63, 3.8) is 0 Å². The number of nitrogens with two attached hydrogens (primary N) is 1. The van der Waals surface area contributed by atoms with Crippen LogP contribution in [0.4, 0.5) is 0 Å². The van der Waals surface area contributed by atoms with Crippen molar-refractivity contribution in [1.82, 2.24) is 4.57 Å². The topological polar surface area (TPSA) is 30.9 Å². The number of rotatable bonds is 3. The average molecular weight is 237 g/mol. The number of nitrogens with zero attached hydrogens (tertiary/aromatic N) is 1. The molecule has 2 aromatic rings. The zero-order valence-electron chi connectivity index (χ0n) is 9.70. The fourth-order valence-corrected chi connectivity index (χ4v) is 2.39. The van der Waals surface area contributed by atoms with Crippen LogP contribution < -0.4 is 5.73 Å². The second-order valence-electron chi connectivity index (χ2n) is 4.42. The van der Waals surface area contributed by atoms with Gasteiger partial charge in [0.2, 0.25) is 0 Å². The molecule has 0 bridgehead atoms. The number of aromatic nitrogens is 1. The quantitative estimate of drug-likeness (QED) is 0.872. The molecule has 0 saturated carbocycles. The lowest BCUT2D eigenvalue weighted by Crippen LogP contribution is -2.15. The van der Waals surface area contributed by atoms with Gasteiger partial charge in [0.15, 0.2) is 0 Å². The van der Waals surface area contributed by atoms with Crippen LogP contribution in [-0.4, -0.2) is 10.6 Å². The molecule has 0 aliphatic carbocycles. The van der Waals surface area contributed by atoms with E-state index in [2.05, 4.69) is 16.8 Å². The molecule has 1 aromatic heterocycles. The first kappa shape index (κ1) is 11.5. The molecule has 0 amide bonds. The Bertz CT molecular complexity index is 500. The third-order valence-electron chi connectivity index (χ3n) is 2.90. The second kappa shape index (κ2) is 4.48. The van der Waals surface area contributed by atoms with Gasteiger partial charge in [0.25, 0.3) is 0 Å². The standard InChI is InChI=1S/C13H17ClN2/c1-9(15)6-7-10-8-16(2)13-11(10)4-3-5-12(13)14/h3-5,8-9H,6-7,15H2,1-2H3. The van der Waals surface area contributed by atoms with Crippen molar-refractivity contribution in [3.8, 4) is 0 Å². The molecule has 3 heteroatoms. The molecule has 0 aliphatic heterocycles. The highest BCUT2D eigenvalue weighted by Crippen LogP contribution is 2.28. The van der Waals surface area contributed by atoms with Gasteiger partial charge in [0.1, 0.15) is 0 Å². The molecule has 2 nitrogen and oxygen atoms in total. The fraction of sp³-hybridized carbons (Fsp3) is 0.385. The van der Waals surface area contributed by atoms with Crippen LogP contribution >= 0.6 is 11.6 Å². The van der Waals surface area contributed by atoms with Gasteiger partial charge in [-0.3, -0.25) is 0 Å². The molecule has 16 heavy (non-hydrogen) atoms. The molecule has 0 spiro atoms. The Balaban J connectivity index is 2.43. The maximum absolute atomic E-state index is 6.19. The first-order valence-corrected chi connectivity index (χ1v) is 5.95. The first-order valence-electron chi connectivity index (χ1n) is 5.57. The summed E-state index contributed by atoms with van der Waals surface area (Å²) < 4.78 is 2.09. The number of aryl methyl sites for hydroxylation is 2. The molecule has 0 saturated heterocycles. The van der Waals surface area contributed by atoms with E-state index in [1.807, 2.05) is 26.1 Å². The van der Waals surface area contributed by atoms with Gasteiger partial charge in [-0.25, -0.2) is 0 Å². The number of para-hydroxylation sites is 1. The van der Waals surface area contributed by atoms with E-state index in [0.29, 0.717) is 0 Å². The zero-order valence-corrected chi connectivity index (χ0v) is 10.5. The number of fused-ring (bicyclic) bond motifs is 1. The van der Waals surface area contributed by atoms with Crippen molar-refractivity contribution in [2.24, 2.45) is 12.8 Å². The van der Waals surface area contributed by atoms with E-state index in [9.17, 15) is 0 Å². The minimum absolute atomic E-state index is 0.245. The lowest BCUT2D eigenvalue weighted by molar-refractivity contribution is 0.667. The Morgan fingerprint density at radius 1 is 1.44 bits per heavy atom. The Hall–Kier alpha value is -0.990. The maximum atomic E-state index is 6.19. The van der Waals surface area contributed by atoms with Gasteiger partial charge in [-0.2, -0.15) is 0 Å². The van der Waals surface area contributed by atoms with E-state index in [1.54, 1.807) is 0 Å². The third-order valence-corrected chi connectivity index (χ3v) is 3.21. The lowest BCUT2D eigenvalue weighted by Gasteiger charge is -2.03. The van der Waals surface area contributed by atoms with Gasteiger partial charge in [0.05, 0.1) is 10.5 Å². The Labute approximate surface area is 101 Å². The molecule has 2 N–H and O–H groups in total. The summed E-state index contributed by atoms with van der Waals surface area (Å²) in [4.78, 5) is 0. The van der Waals surface area contributed by atoms with Gasteiger partial charge < -0.3 is 10.3 Å². The van der Waals surface area contributed by atoms with Crippen LogP contribution in [-0.2, 0) is 13.5 Å². The summed E-state index contributed by atoms with van der Waals surface area (Å²) in [5, 5.41) is 2.06. The lowest BCUT2D eigenvalue weighted by atomic mass is 10.1. The molecule has 1 unspecified atom stereocenters. The fourth-order valence-electron chi connectivity index (χ4n) is 2.08. The highest BCUT2D eigenvalue weighted by Gasteiger charge is 2.09. The van der Waals surface area contributed by atoms with Crippen LogP contribution in [0.1, 0.15) is 18.9 Å². The second-order valence-corrected chi connectivity index (χ2v) is 4.82. The largest absolute Gasteiger partial charge is 0.349 e. The average Bonchev–Trinajstić information content (AvgIpc) is 2.54. The van der Waals surface area contributed by atoms with Crippen LogP contribution in [0.25, 0.3) is 10.9 Å². The van der Waals surface area contributed by atoms with E-state index in [-0.39, 0.29) is 6.04 Å². The smallest absolute Gasteiger partial charge is 0.0669 e. The number of halogens is 1. The SMILES string of the molecule is CC(N)CCc1cn(C)c2c(Cl)cccc12. The maximum Gasteiger partial charge on any atom is 0.0669 e. The van der Waals surface area contributed by atoms with E-state index in [1.165, 1.54) is 10.9 Å². The molecule has 0 fully saturated rings. The molecular formula is C13H17ClN2. The van der Waals surface area contributed by atoms with Crippen LogP contribution in [0.5, 0.6) is 0 Å². The van der Waals surface area contributed by atoms with Crippen molar-refractivity contribution in [1.29, 1.82) is 0 Å². The number of hydrogen-bond acceptors (Lipinski definition) is 1. The molecule has 2 rings (SSSR count). The van der Waals surface area contributed by atoms with Crippen LogP contribution in [0, 0.1) is 0 Å². The van der Waals surface area contributed by atoms with Gasteiger partial charge in [-0.1, -0.05) is 23.7 Å². The van der Waals surface area contributed by atoms with Crippen LogP contribution in [0.2, 0.25) is 5.02 Å². The van der Waals surface area contributed by atoms with Gasteiger partial charge in [-0.15, -0.1) is 0 Å². The molecule has 1 heterocycles. The predicted molar refractivity (Wildman–Crippen MR) is 69.9 cm³/mol. The van der Waals surface area contributed by atoms with Crippen molar-refractivity contribution in [3.05, 3.63) is 35.0 Å². The highest BCUT2D eigenvalue weighted by molar-refractivity contribution is 6.35. The normalized spacial score (nSPS) is 13.2. The van der Waals surface area contributed by atoms with Crippen molar-refractivity contribution in [2.45, 2.75) is 25.8 Å². The highest BCUT2D eigenvalue weighted by atomic mass is 35.5. The van der Waals surface area contributed by atoms with E-state index >= 15 is 0 Å². The minimum atomic E-state index is 0.245. The Kier molecular flexibility index (Phi) is 3.22. The van der Waals surface area contributed by atoms with Crippen LogP contribution in [0.15, 0.2) is 24.4 Å². The number of hydrogen-bond donors (Lipinski definition) is 1. The monoisotopic (exact) mass is 236 g/mol. The predicted octanol–water partition coefficient (Wildman–Crippen LogP) is 3.11. The molecular weight excluding hydrogens is 220 g/mol. The molecule has 1 aromatic carbocycles. The Morgan fingerprint density at radius 3 is 2.88 bits per heavy atom. The summed E-state index contributed by atoms with van der Waals surface area (Å²) in [6, 6.07) is 6.30. The molecule has 0 radical (unpaired) electrons. The van der Waals surface area contributed by atoms with Gasteiger partial charge in [-0.05, 0) is 31.4 Å². The summed E-state index contributed by atoms with van der Waals surface area (Å²) in [6.45, 7) is 2.04. The minimum Gasteiger partial charge on any atom is -0.349 e. The Morgan fingerprint density at radius 2 is 2.19 bits per heavy atom. The van der Waals surface area contributed by atoms with Gasteiger partial charge in [0, 0.05) is 24.7 Å². The molecule has 1 atom stereocenters. The molecule has 86 valence electrons. The van der Waals surface area contributed by atoms with Crippen LogP contribution in [0.3, 0.4) is 0 Å². The van der Waals surface area contributed by atoms with Crippen molar-refractivity contribution >= 4 is 22.5 Å². The number of benzene rings is 1. The molecule has 0 aliphatic rings. The van der Waals surface area contributed by atoms with Crippen molar-refractivity contribution < 1.29 is 0 Å². The summed E-state index contributed by atoms with van der Waals surface area (Å²) >= 11 is 6.19. The summed E-state index contributed by atoms with van der Waals surface area (Å²) in [6.07, 6.45) is 4.17.